The van der Waals surface area contributed by atoms with E-state index in [2.05, 4.69) is 9.97 Å². The molecule has 0 aliphatic carbocycles. The van der Waals surface area contributed by atoms with Gasteiger partial charge in [-0.05, 0) is 36.0 Å². The summed E-state index contributed by atoms with van der Waals surface area (Å²) in [6.07, 6.45) is 0. The number of benzene rings is 2. The maximum absolute atomic E-state index is 6.00. The summed E-state index contributed by atoms with van der Waals surface area (Å²) in [5.41, 5.74) is 8.66. The van der Waals surface area contributed by atoms with Crippen LogP contribution in [0.3, 0.4) is 0 Å². The molecule has 1 aromatic heterocycles. The fourth-order valence-electron chi connectivity index (χ4n) is 1.83. The Morgan fingerprint density at radius 3 is 2.79 bits per heavy atom. The molecule has 1 heterocycles. The van der Waals surface area contributed by atoms with Crippen LogP contribution in [0, 0.1) is 0 Å². The van der Waals surface area contributed by atoms with Crippen molar-refractivity contribution in [2.45, 2.75) is 10.1 Å². The number of hydrogen-bond donors (Lipinski definition) is 2. The minimum absolute atomic E-state index is 0.685. The van der Waals surface area contributed by atoms with Crippen LogP contribution in [0.5, 0.6) is 5.75 Å². The molecular weight excluding hydrogens is 258 g/mol. The van der Waals surface area contributed by atoms with E-state index in [0.717, 1.165) is 26.8 Å². The van der Waals surface area contributed by atoms with Crippen molar-refractivity contribution in [3.05, 3.63) is 42.5 Å². The topological polar surface area (TPSA) is 63.9 Å². The fraction of sp³-hybridized carbons (Fsp3) is 0.0714. The Bertz CT molecular complexity index is 691. The van der Waals surface area contributed by atoms with Crippen molar-refractivity contribution < 1.29 is 4.74 Å². The number of methoxy groups -OCH3 is 1. The third-order valence-corrected chi connectivity index (χ3v) is 3.77. The second-order valence-corrected chi connectivity index (χ2v) is 5.10. The average Bonchev–Trinajstić information content (AvgIpc) is 2.83. The first-order valence-corrected chi connectivity index (χ1v) is 6.64. The Morgan fingerprint density at radius 1 is 1.21 bits per heavy atom. The van der Waals surface area contributed by atoms with Gasteiger partial charge < -0.3 is 15.5 Å². The third kappa shape index (κ3) is 2.37. The van der Waals surface area contributed by atoms with Crippen LogP contribution in [-0.4, -0.2) is 17.1 Å². The summed E-state index contributed by atoms with van der Waals surface area (Å²) in [5, 5.41) is 0.832. The Balaban J connectivity index is 1.92. The second kappa shape index (κ2) is 4.85. The first-order chi connectivity index (χ1) is 9.26. The molecule has 5 heteroatoms. The van der Waals surface area contributed by atoms with Crippen LogP contribution in [0.25, 0.3) is 11.0 Å². The van der Waals surface area contributed by atoms with Crippen molar-refractivity contribution in [1.82, 2.24) is 9.97 Å². The van der Waals surface area contributed by atoms with Crippen molar-refractivity contribution in [2.24, 2.45) is 0 Å². The van der Waals surface area contributed by atoms with Gasteiger partial charge in [0.1, 0.15) is 5.75 Å². The lowest BCUT2D eigenvalue weighted by Gasteiger charge is -2.05. The zero-order valence-electron chi connectivity index (χ0n) is 10.4. The number of hydrogen-bond acceptors (Lipinski definition) is 4. The second-order valence-electron chi connectivity index (χ2n) is 4.06. The molecule has 0 bridgehead atoms. The average molecular weight is 271 g/mol. The van der Waals surface area contributed by atoms with Crippen LogP contribution in [-0.2, 0) is 0 Å². The predicted molar refractivity (Wildman–Crippen MR) is 77.6 cm³/mol. The molecule has 0 atom stereocenters. The van der Waals surface area contributed by atoms with Crippen LogP contribution in [0.15, 0.2) is 52.5 Å². The van der Waals surface area contributed by atoms with Crippen molar-refractivity contribution in [3.8, 4) is 5.75 Å². The number of rotatable bonds is 3. The SMILES string of the molecule is COc1ccc(Sc2nc3ccccc3[nH]2)c(N)c1. The Morgan fingerprint density at radius 2 is 2.05 bits per heavy atom. The summed E-state index contributed by atoms with van der Waals surface area (Å²) < 4.78 is 5.14. The molecule has 3 N–H and O–H groups in total. The summed E-state index contributed by atoms with van der Waals surface area (Å²) in [6, 6.07) is 13.6. The molecule has 19 heavy (non-hydrogen) atoms. The molecule has 0 radical (unpaired) electrons. The van der Waals surface area contributed by atoms with Crippen LogP contribution in [0.1, 0.15) is 0 Å². The number of anilines is 1. The van der Waals surface area contributed by atoms with Gasteiger partial charge in [-0.15, -0.1) is 0 Å². The number of nitrogens with two attached hydrogens (primary N) is 1. The largest absolute Gasteiger partial charge is 0.497 e. The van der Waals surface area contributed by atoms with Crippen LogP contribution in [0.2, 0.25) is 0 Å². The number of nitrogen functional groups attached to an aromatic ring is 1. The zero-order valence-corrected chi connectivity index (χ0v) is 11.2. The lowest BCUT2D eigenvalue weighted by Crippen LogP contribution is -1.91. The van der Waals surface area contributed by atoms with Gasteiger partial charge in [-0.1, -0.05) is 12.1 Å². The van der Waals surface area contributed by atoms with E-state index in [-0.39, 0.29) is 0 Å². The number of imidazole rings is 1. The molecule has 0 saturated carbocycles. The van der Waals surface area contributed by atoms with E-state index in [4.69, 9.17) is 10.5 Å². The Labute approximate surface area is 115 Å². The smallest absolute Gasteiger partial charge is 0.171 e. The standard InChI is InChI=1S/C14H13N3OS/c1-18-9-6-7-13(10(15)8-9)19-14-16-11-4-2-3-5-12(11)17-14/h2-8H,15H2,1H3,(H,16,17). The highest BCUT2D eigenvalue weighted by atomic mass is 32.2. The highest BCUT2D eigenvalue weighted by molar-refractivity contribution is 7.99. The molecule has 0 saturated heterocycles. The molecule has 0 aliphatic rings. The highest BCUT2D eigenvalue weighted by Gasteiger charge is 2.07. The molecule has 0 aliphatic heterocycles. The monoisotopic (exact) mass is 271 g/mol. The lowest BCUT2D eigenvalue weighted by atomic mass is 10.3. The number of aromatic amines is 1. The maximum Gasteiger partial charge on any atom is 0.171 e. The Kier molecular flexibility index (Phi) is 3.05. The van der Waals surface area contributed by atoms with Gasteiger partial charge in [0.05, 0.1) is 18.1 Å². The molecule has 3 rings (SSSR count). The minimum atomic E-state index is 0.685. The molecule has 3 aromatic rings. The maximum atomic E-state index is 6.00. The number of fused-ring (bicyclic) bond motifs is 1. The van der Waals surface area contributed by atoms with E-state index >= 15 is 0 Å². The lowest BCUT2D eigenvalue weighted by molar-refractivity contribution is 0.415. The summed E-state index contributed by atoms with van der Waals surface area (Å²) in [6.45, 7) is 0. The summed E-state index contributed by atoms with van der Waals surface area (Å²) in [5.74, 6) is 0.756. The predicted octanol–water partition coefficient (Wildman–Crippen LogP) is 3.30. The quantitative estimate of drug-likeness (QED) is 0.717. The molecule has 96 valence electrons. The van der Waals surface area contributed by atoms with Gasteiger partial charge in [0, 0.05) is 16.6 Å². The van der Waals surface area contributed by atoms with Gasteiger partial charge in [-0.2, -0.15) is 0 Å². The fourth-order valence-corrected chi connectivity index (χ4v) is 2.65. The first kappa shape index (κ1) is 11.9. The van der Waals surface area contributed by atoms with E-state index in [1.807, 2.05) is 42.5 Å². The van der Waals surface area contributed by atoms with Crippen LogP contribution in [0.4, 0.5) is 5.69 Å². The normalized spacial score (nSPS) is 10.8. The molecule has 0 spiro atoms. The van der Waals surface area contributed by atoms with Crippen LogP contribution < -0.4 is 10.5 Å². The van der Waals surface area contributed by atoms with Crippen molar-refractivity contribution >= 4 is 28.5 Å². The molecule has 2 aromatic carbocycles. The highest BCUT2D eigenvalue weighted by Crippen LogP contribution is 2.33. The minimum Gasteiger partial charge on any atom is -0.497 e. The van der Waals surface area contributed by atoms with Gasteiger partial charge in [0.15, 0.2) is 5.16 Å². The van der Waals surface area contributed by atoms with Gasteiger partial charge in [-0.3, -0.25) is 0 Å². The van der Waals surface area contributed by atoms with Crippen molar-refractivity contribution in [2.75, 3.05) is 12.8 Å². The number of para-hydroxylation sites is 2. The molecule has 0 amide bonds. The van der Waals surface area contributed by atoms with Crippen molar-refractivity contribution in [1.29, 1.82) is 0 Å². The van der Waals surface area contributed by atoms with E-state index in [1.165, 1.54) is 11.8 Å². The van der Waals surface area contributed by atoms with Gasteiger partial charge in [0.2, 0.25) is 0 Å². The van der Waals surface area contributed by atoms with Gasteiger partial charge in [0.25, 0.3) is 0 Å². The molecule has 4 nitrogen and oxygen atoms in total. The number of ether oxygens (including phenoxy) is 1. The van der Waals surface area contributed by atoms with Gasteiger partial charge in [-0.25, -0.2) is 4.98 Å². The number of nitrogens with zero attached hydrogens (tertiary/aromatic N) is 1. The van der Waals surface area contributed by atoms with E-state index in [1.54, 1.807) is 7.11 Å². The Hall–Kier alpha value is -2.14. The third-order valence-electron chi connectivity index (χ3n) is 2.79. The van der Waals surface area contributed by atoms with E-state index in [0.29, 0.717) is 5.69 Å². The first-order valence-electron chi connectivity index (χ1n) is 5.82. The van der Waals surface area contributed by atoms with Crippen LogP contribution >= 0.6 is 11.8 Å². The van der Waals surface area contributed by atoms with E-state index in [9.17, 15) is 0 Å². The summed E-state index contributed by atoms with van der Waals surface area (Å²) in [4.78, 5) is 8.74. The zero-order chi connectivity index (χ0) is 13.2. The molecule has 0 fully saturated rings. The van der Waals surface area contributed by atoms with Gasteiger partial charge >= 0.3 is 0 Å². The summed E-state index contributed by atoms with van der Waals surface area (Å²) >= 11 is 1.51. The molecular formula is C14H13N3OS. The van der Waals surface area contributed by atoms with Crippen molar-refractivity contribution in [3.63, 3.8) is 0 Å². The molecule has 0 unspecified atom stereocenters. The van der Waals surface area contributed by atoms with E-state index < -0.39 is 0 Å². The number of H-pyrrole nitrogens is 1. The number of aromatic nitrogens is 2. The number of nitrogens with one attached hydrogen (secondary N) is 1. The summed E-state index contributed by atoms with van der Waals surface area (Å²) in [7, 11) is 1.63.